The lowest BCUT2D eigenvalue weighted by atomic mass is 9.89. The van der Waals surface area contributed by atoms with Crippen LogP contribution in [0.1, 0.15) is 32.6 Å². The Hall–Kier alpha value is -0.720. The van der Waals surface area contributed by atoms with Crippen LogP contribution in [-0.4, -0.2) is 50.2 Å². The van der Waals surface area contributed by atoms with Crippen molar-refractivity contribution in [2.45, 2.75) is 32.6 Å². The van der Waals surface area contributed by atoms with Crippen LogP contribution in [-0.2, 0) is 4.74 Å². The van der Waals surface area contributed by atoms with Gasteiger partial charge in [0.1, 0.15) is 13.1 Å². The molecule has 2 fully saturated rings. The summed E-state index contributed by atoms with van der Waals surface area (Å²) in [6.07, 6.45) is 4.79. The Balaban J connectivity index is 1.59. The first-order valence-corrected chi connectivity index (χ1v) is 8.15. The van der Waals surface area contributed by atoms with E-state index in [1.807, 2.05) is 0 Å². The maximum absolute atomic E-state index is 5.34. The van der Waals surface area contributed by atoms with Gasteiger partial charge in [-0.15, -0.1) is 0 Å². The van der Waals surface area contributed by atoms with Gasteiger partial charge in [0.15, 0.2) is 5.11 Å². The highest BCUT2D eigenvalue weighted by Gasteiger charge is 2.14. The normalized spacial score (nSPS) is 26.4. The molecule has 0 aromatic heterocycles. The minimum atomic E-state index is 0.642. The zero-order valence-corrected chi connectivity index (χ0v) is 13.2. The van der Waals surface area contributed by atoms with E-state index in [1.165, 1.54) is 18.6 Å². The highest BCUT2D eigenvalue weighted by Crippen LogP contribution is 2.20. The van der Waals surface area contributed by atoms with Crippen molar-refractivity contribution in [3.8, 4) is 0 Å². The molecule has 114 valence electrons. The minimum absolute atomic E-state index is 0.642. The topological polar surface area (TPSA) is 50.1 Å². The standard InChI is InChI=1S/C14H26N4OS/c1-12-3-2-4-13(11-12)16-17-14(20)15-5-6-18-7-9-19-10-8-18/h12H,2-11H2,1H3,(H2,15,17,20)/p+1/b16-13-/t12-/m0/s1. The molecule has 1 atom stereocenters. The molecule has 0 aromatic rings. The van der Waals surface area contributed by atoms with Crippen LogP contribution in [0.25, 0.3) is 0 Å². The molecule has 0 spiro atoms. The van der Waals surface area contributed by atoms with Gasteiger partial charge in [0.2, 0.25) is 0 Å². The summed E-state index contributed by atoms with van der Waals surface area (Å²) < 4.78 is 5.34. The second-order valence-corrected chi connectivity index (χ2v) is 6.27. The first-order valence-electron chi connectivity index (χ1n) is 7.74. The number of quaternary nitrogens is 1. The Kier molecular flexibility index (Phi) is 6.69. The average Bonchev–Trinajstić information content (AvgIpc) is 2.46. The van der Waals surface area contributed by atoms with Crippen molar-refractivity contribution in [2.24, 2.45) is 11.0 Å². The summed E-state index contributed by atoms with van der Waals surface area (Å²) in [5, 5.41) is 8.31. The van der Waals surface area contributed by atoms with E-state index >= 15 is 0 Å². The van der Waals surface area contributed by atoms with Gasteiger partial charge in [-0.1, -0.05) is 6.92 Å². The maximum atomic E-state index is 5.34. The minimum Gasteiger partial charge on any atom is -0.370 e. The van der Waals surface area contributed by atoms with E-state index in [0.717, 1.165) is 58.2 Å². The Morgan fingerprint density at radius 1 is 1.45 bits per heavy atom. The molecule has 2 aliphatic rings. The fourth-order valence-electron chi connectivity index (χ4n) is 2.79. The lowest BCUT2D eigenvalue weighted by Gasteiger charge is -2.24. The van der Waals surface area contributed by atoms with Gasteiger partial charge in [0, 0.05) is 5.71 Å². The summed E-state index contributed by atoms with van der Waals surface area (Å²) >= 11 is 5.26. The van der Waals surface area contributed by atoms with E-state index in [4.69, 9.17) is 17.0 Å². The van der Waals surface area contributed by atoms with Crippen molar-refractivity contribution >= 4 is 23.0 Å². The van der Waals surface area contributed by atoms with Crippen LogP contribution in [0.5, 0.6) is 0 Å². The molecule has 1 saturated carbocycles. The third kappa shape index (κ3) is 5.73. The molecule has 0 aromatic carbocycles. The number of morpholine rings is 1. The Labute approximate surface area is 127 Å². The molecule has 20 heavy (non-hydrogen) atoms. The molecule has 0 amide bonds. The predicted molar refractivity (Wildman–Crippen MR) is 85.2 cm³/mol. The Bertz CT molecular complexity index is 342. The number of rotatable bonds is 4. The second-order valence-electron chi connectivity index (χ2n) is 5.86. The Morgan fingerprint density at radius 2 is 2.25 bits per heavy atom. The smallest absolute Gasteiger partial charge is 0.187 e. The van der Waals surface area contributed by atoms with Gasteiger partial charge in [-0.05, 0) is 43.8 Å². The van der Waals surface area contributed by atoms with E-state index in [0.29, 0.717) is 5.11 Å². The van der Waals surface area contributed by atoms with Crippen LogP contribution in [0.2, 0.25) is 0 Å². The number of nitrogens with zero attached hydrogens (tertiary/aromatic N) is 1. The number of hydrazone groups is 1. The third-order valence-electron chi connectivity index (χ3n) is 4.03. The monoisotopic (exact) mass is 299 g/mol. The van der Waals surface area contributed by atoms with E-state index < -0.39 is 0 Å². The van der Waals surface area contributed by atoms with Crippen molar-refractivity contribution in [3.63, 3.8) is 0 Å². The number of hydrogen-bond donors (Lipinski definition) is 3. The molecule has 6 heteroatoms. The predicted octanol–water partition coefficient (Wildman–Crippen LogP) is -0.0683. The van der Waals surface area contributed by atoms with Gasteiger partial charge in [0.05, 0.1) is 26.3 Å². The zero-order valence-electron chi connectivity index (χ0n) is 12.4. The molecule has 1 saturated heterocycles. The summed E-state index contributed by atoms with van der Waals surface area (Å²) in [5.41, 5.74) is 4.24. The molecule has 3 N–H and O–H groups in total. The molecule has 0 radical (unpaired) electrons. The highest BCUT2D eigenvalue weighted by atomic mass is 32.1. The third-order valence-corrected chi connectivity index (χ3v) is 4.26. The summed E-state index contributed by atoms with van der Waals surface area (Å²) in [6, 6.07) is 0. The van der Waals surface area contributed by atoms with Gasteiger partial charge in [-0.25, -0.2) is 0 Å². The Morgan fingerprint density at radius 3 is 3.00 bits per heavy atom. The lowest BCUT2D eigenvalue weighted by molar-refractivity contribution is -0.906. The van der Waals surface area contributed by atoms with Crippen LogP contribution in [0, 0.1) is 5.92 Å². The summed E-state index contributed by atoms with van der Waals surface area (Å²) in [5.74, 6) is 0.760. The summed E-state index contributed by atoms with van der Waals surface area (Å²) in [4.78, 5) is 1.58. The lowest BCUT2D eigenvalue weighted by Crippen LogP contribution is -3.14. The van der Waals surface area contributed by atoms with Gasteiger partial charge < -0.3 is 15.0 Å². The van der Waals surface area contributed by atoms with Crippen LogP contribution in [0.15, 0.2) is 5.10 Å². The first kappa shape index (κ1) is 15.7. The number of thiocarbonyl (C=S) groups is 1. The van der Waals surface area contributed by atoms with Gasteiger partial charge in [0.25, 0.3) is 0 Å². The molecule has 0 bridgehead atoms. The van der Waals surface area contributed by atoms with Crippen molar-refractivity contribution < 1.29 is 9.64 Å². The van der Waals surface area contributed by atoms with Crippen molar-refractivity contribution in [1.82, 2.24) is 10.7 Å². The van der Waals surface area contributed by atoms with Crippen LogP contribution in [0.4, 0.5) is 0 Å². The first-order chi connectivity index (χ1) is 9.74. The van der Waals surface area contributed by atoms with Crippen LogP contribution in [0.3, 0.4) is 0 Å². The number of ether oxygens (including phenoxy) is 1. The molecule has 1 aliphatic carbocycles. The second kappa shape index (κ2) is 8.54. The fraction of sp³-hybridized carbons (Fsp3) is 0.857. The van der Waals surface area contributed by atoms with Crippen molar-refractivity contribution in [1.29, 1.82) is 0 Å². The molecule has 1 aliphatic heterocycles. The van der Waals surface area contributed by atoms with E-state index in [9.17, 15) is 0 Å². The molecule has 5 nitrogen and oxygen atoms in total. The molecule has 2 rings (SSSR count). The van der Waals surface area contributed by atoms with Gasteiger partial charge >= 0.3 is 0 Å². The summed E-state index contributed by atoms with van der Waals surface area (Å²) in [7, 11) is 0. The van der Waals surface area contributed by atoms with Crippen LogP contribution < -0.4 is 15.6 Å². The van der Waals surface area contributed by atoms with Gasteiger partial charge in [-0.2, -0.15) is 5.10 Å². The number of nitrogens with one attached hydrogen (secondary N) is 3. The van der Waals surface area contributed by atoms with E-state index in [-0.39, 0.29) is 0 Å². The quantitative estimate of drug-likeness (QED) is 0.502. The van der Waals surface area contributed by atoms with Crippen LogP contribution >= 0.6 is 12.2 Å². The zero-order chi connectivity index (χ0) is 14.2. The van der Waals surface area contributed by atoms with E-state index in [1.54, 1.807) is 4.90 Å². The number of hydrogen-bond acceptors (Lipinski definition) is 3. The van der Waals surface area contributed by atoms with Crippen molar-refractivity contribution in [2.75, 3.05) is 39.4 Å². The van der Waals surface area contributed by atoms with Gasteiger partial charge in [-0.3, -0.25) is 5.43 Å². The average molecular weight is 299 g/mol. The molecule has 0 unspecified atom stereocenters. The highest BCUT2D eigenvalue weighted by molar-refractivity contribution is 7.80. The largest absolute Gasteiger partial charge is 0.370 e. The molecule has 1 heterocycles. The van der Waals surface area contributed by atoms with Crippen molar-refractivity contribution in [3.05, 3.63) is 0 Å². The molecular formula is C14H27N4OS+. The van der Waals surface area contributed by atoms with E-state index in [2.05, 4.69) is 22.8 Å². The fourth-order valence-corrected chi connectivity index (χ4v) is 2.94. The molecular weight excluding hydrogens is 272 g/mol. The summed E-state index contributed by atoms with van der Waals surface area (Å²) in [6.45, 7) is 8.22. The maximum Gasteiger partial charge on any atom is 0.187 e. The SMILES string of the molecule is C[C@H]1CCC/C(=N/NC(=S)NCC[NH+]2CCOCC2)C1.